The van der Waals surface area contributed by atoms with E-state index < -0.39 is 0 Å². The number of rotatable bonds is 4. The molecule has 6 heteroatoms. The number of nitrogens with two attached hydrogens (primary N) is 1. The number of hydrogen-bond acceptors (Lipinski definition) is 3. The first-order valence-electron chi connectivity index (χ1n) is 5.89. The summed E-state index contributed by atoms with van der Waals surface area (Å²) in [5, 5.41) is 3.55. The standard InChI is InChI=1S/C12H19N3OS2/c1-4-10-5-9(7-18-10)11(16)14-15(12(13)17)6-8(2)3/h5,7-8H,4,6H2,1-3H3,(H2,13,17)(H,14,16). The lowest BCUT2D eigenvalue weighted by atomic mass is 10.2. The SMILES string of the molecule is CCc1cc(C(=O)NN(CC(C)C)C(N)=S)cs1. The smallest absolute Gasteiger partial charge is 0.270 e. The van der Waals surface area contributed by atoms with Crippen molar-refractivity contribution in [1.29, 1.82) is 0 Å². The van der Waals surface area contributed by atoms with Crippen molar-refractivity contribution >= 4 is 34.6 Å². The number of hydrogen-bond donors (Lipinski definition) is 2. The second kappa shape index (κ2) is 6.70. The summed E-state index contributed by atoms with van der Waals surface area (Å²) >= 11 is 6.51. The van der Waals surface area contributed by atoms with Crippen LogP contribution in [-0.4, -0.2) is 22.6 Å². The topological polar surface area (TPSA) is 58.4 Å². The average Bonchev–Trinajstić information content (AvgIpc) is 2.75. The molecule has 1 aromatic heterocycles. The van der Waals surface area contributed by atoms with Crippen molar-refractivity contribution in [2.75, 3.05) is 6.54 Å². The number of amides is 1. The third kappa shape index (κ3) is 4.27. The lowest BCUT2D eigenvalue weighted by Gasteiger charge is -2.24. The fraction of sp³-hybridized carbons (Fsp3) is 0.500. The molecule has 1 heterocycles. The first-order chi connectivity index (χ1) is 8.43. The predicted molar refractivity (Wildman–Crippen MR) is 79.5 cm³/mol. The molecule has 0 aliphatic rings. The van der Waals surface area contributed by atoms with E-state index in [-0.39, 0.29) is 11.0 Å². The van der Waals surface area contributed by atoms with E-state index in [0.29, 0.717) is 18.0 Å². The molecule has 100 valence electrons. The van der Waals surface area contributed by atoms with Crippen LogP contribution in [0.5, 0.6) is 0 Å². The fourth-order valence-corrected chi connectivity index (χ4v) is 2.36. The molecule has 1 aromatic rings. The van der Waals surface area contributed by atoms with E-state index in [0.717, 1.165) is 6.42 Å². The molecule has 0 radical (unpaired) electrons. The third-order valence-electron chi connectivity index (χ3n) is 2.31. The Labute approximate surface area is 117 Å². The van der Waals surface area contributed by atoms with E-state index in [4.69, 9.17) is 18.0 Å². The maximum Gasteiger partial charge on any atom is 0.270 e. The summed E-state index contributed by atoms with van der Waals surface area (Å²) in [7, 11) is 0. The molecule has 0 aromatic carbocycles. The van der Waals surface area contributed by atoms with Gasteiger partial charge in [0, 0.05) is 16.8 Å². The minimum absolute atomic E-state index is 0.167. The number of carbonyl (C=O) groups excluding carboxylic acids is 1. The lowest BCUT2D eigenvalue weighted by Crippen LogP contribution is -2.50. The molecule has 1 amide bonds. The summed E-state index contributed by atoms with van der Waals surface area (Å²) in [5.74, 6) is 0.194. The van der Waals surface area contributed by atoms with Gasteiger partial charge >= 0.3 is 0 Å². The molecule has 0 fully saturated rings. The van der Waals surface area contributed by atoms with Crippen molar-refractivity contribution in [3.05, 3.63) is 21.9 Å². The zero-order valence-electron chi connectivity index (χ0n) is 10.9. The minimum atomic E-state index is -0.167. The fourth-order valence-electron chi connectivity index (χ4n) is 1.43. The van der Waals surface area contributed by atoms with E-state index in [9.17, 15) is 4.79 Å². The Morgan fingerprint density at radius 3 is 2.72 bits per heavy atom. The Hall–Kier alpha value is -1.14. The number of carbonyl (C=O) groups is 1. The maximum atomic E-state index is 12.0. The number of nitrogens with zero attached hydrogens (tertiary/aromatic N) is 1. The second-order valence-electron chi connectivity index (χ2n) is 4.44. The van der Waals surface area contributed by atoms with Crippen molar-refractivity contribution in [1.82, 2.24) is 10.4 Å². The maximum absolute atomic E-state index is 12.0. The highest BCUT2D eigenvalue weighted by atomic mass is 32.1. The van der Waals surface area contributed by atoms with Gasteiger partial charge in [-0.15, -0.1) is 11.3 Å². The van der Waals surface area contributed by atoms with Crippen molar-refractivity contribution in [3.8, 4) is 0 Å². The van der Waals surface area contributed by atoms with Crippen LogP contribution in [0, 0.1) is 5.92 Å². The number of aryl methyl sites for hydroxylation is 1. The van der Waals surface area contributed by atoms with Gasteiger partial charge in [-0.2, -0.15) is 0 Å². The Bertz CT molecular complexity index is 429. The van der Waals surface area contributed by atoms with Gasteiger partial charge in [-0.1, -0.05) is 20.8 Å². The van der Waals surface area contributed by atoms with Gasteiger partial charge in [0.15, 0.2) is 5.11 Å². The zero-order valence-corrected chi connectivity index (χ0v) is 12.5. The van der Waals surface area contributed by atoms with Gasteiger partial charge in [0.2, 0.25) is 0 Å². The Balaban J connectivity index is 2.69. The summed E-state index contributed by atoms with van der Waals surface area (Å²) in [4.78, 5) is 13.2. The van der Waals surface area contributed by atoms with Gasteiger partial charge in [-0.25, -0.2) is 0 Å². The van der Waals surface area contributed by atoms with E-state index in [1.807, 2.05) is 25.3 Å². The van der Waals surface area contributed by atoms with Crippen molar-refractivity contribution in [3.63, 3.8) is 0 Å². The van der Waals surface area contributed by atoms with Crippen LogP contribution >= 0.6 is 23.6 Å². The number of hydrazine groups is 1. The Morgan fingerprint density at radius 1 is 1.61 bits per heavy atom. The summed E-state index contributed by atoms with van der Waals surface area (Å²) < 4.78 is 0. The van der Waals surface area contributed by atoms with Crippen molar-refractivity contribution < 1.29 is 4.79 Å². The van der Waals surface area contributed by atoms with Crippen LogP contribution in [0.25, 0.3) is 0 Å². The zero-order chi connectivity index (χ0) is 13.7. The third-order valence-corrected chi connectivity index (χ3v) is 3.62. The molecule has 4 nitrogen and oxygen atoms in total. The predicted octanol–water partition coefficient (Wildman–Crippen LogP) is 2.16. The monoisotopic (exact) mass is 285 g/mol. The van der Waals surface area contributed by atoms with Crippen LogP contribution in [0.1, 0.15) is 36.0 Å². The summed E-state index contributed by atoms with van der Waals surface area (Å²) in [6.07, 6.45) is 0.933. The van der Waals surface area contributed by atoms with Gasteiger partial charge in [-0.05, 0) is 30.6 Å². The molecule has 0 bridgehead atoms. The van der Waals surface area contributed by atoms with Crippen LogP contribution in [0.2, 0.25) is 0 Å². The number of nitrogens with one attached hydrogen (secondary N) is 1. The second-order valence-corrected chi connectivity index (χ2v) is 5.85. The first kappa shape index (κ1) is 14.9. The van der Waals surface area contributed by atoms with Crippen LogP contribution in [-0.2, 0) is 6.42 Å². The van der Waals surface area contributed by atoms with Crippen LogP contribution in [0.3, 0.4) is 0 Å². The molecule has 1 rings (SSSR count). The summed E-state index contributed by atoms with van der Waals surface area (Å²) in [6.45, 7) is 6.74. The molecule has 0 saturated heterocycles. The molecule has 3 N–H and O–H groups in total. The van der Waals surface area contributed by atoms with Gasteiger partial charge in [-0.3, -0.25) is 15.2 Å². The quantitative estimate of drug-likeness (QED) is 0.657. The summed E-state index contributed by atoms with van der Waals surface area (Å²) in [5.41, 5.74) is 8.98. The van der Waals surface area contributed by atoms with Crippen molar-refractivity contribution in [2.45, 2.75) is 27.2 Å². The first-order valence-corrected chi connectivity index (χ1v) is 7.18. The lowest BCUT2D eigenvalue weighted by molar-refractivity contribution is 0.0863. The molecule has 0 unspecified atom stereocenters. The van der Waals surface area contributed by atoms with E-state index in [2.05, 4.69) is 12.3 Å². The van der Waals surface area contributed by atoms with Crippen LogP contribution in [0.4, 0.5) is 0 Å². The molecule has 0 aliphatic carbocycles. The highest BCUT2D eigenvalue weighted by molar-refractivity contribution is 7.80. The molecule has 0 saturated carbocycles. The highest BCUT2D eigenvalue weighted by Gasteiger charge is 2.14. The number of thiocarbonyl (C=S) groups is 1. The Morgan fingerprint density at radius 2 is 2.28 bits per heavy atom. The number of thiophene rings is 1. The molecule has 0 spiro atoms. The molecule has 0 atom stereocenters. The molecular formula is C12H19N3OS2. The molecule has 18 heavy (non-hydrogen) atoms. The Kier molecular flexibility index (Phi) is 5.55. The van der Waals surface area contributed by atoms with Gasteiger partial charge in [0.05, 0.1) is 5.56 Å². The largest absolute Gasteiger partial charge is 0.375 e. The van der Waals surface area contributed by atoms with Crippen LogP contribution in [0.15, 0.2) is 11.4 Å². The highest BCUT2D eigenvalue weighted by Crippen LogP contribution is 2.15. The minimum Gasteiger partial charge on any atom is -0.375 e. The van der Waals surface area contributed by atoms with Crippen LogP contribution < -0.4 is 11.2 Å². The summed E-state index contributed by atoms with van der Waals surface area (Å²) in [6, 6.07) is 1.90. The average molecular weight is 285 g/mol. The van der Waals surface area contributed by atoms with Gasteiger partial charge in [0.25, 0.3) is 5.91 Å². The van der Waals surface area contributed by atoms with Gasteiger partial charge in [0.1, 0.15) is 0 Å². The van der Waals surface area contributed by atoms with Gasteiger partial charge < -0.3 is 5.73 Å². The normalized spacial score (nSPS) is 10.4. The molecule has 0 aliphatic heterocycles. The van der Waals surface area contributed by atoms with E-state index in [1.54, 1.807) is 11.3 Å². The van der Waals surface area contributed by atoms with Crippen molar-refractivity contribution in [2.24, 2.45) is 11.7 Å². The van der Waals surface area contributed by atoms with E-state index >= 15 is 0 Å². The van der Waals surface area contributed by atoms with E-state index in [1.165, 1.54) is 9.89 Å². The molecular weight excluding hydrogens is 266 g/mol.